The summed E-state index contributed by atoms with van der Waals surface area (Å²) in [4.78, 5) is 23.3. The van der Waals surface area contributed by atoms with Crippen molar-refractivity contribution in [1.29, 1.82) is 0 Å². The van der Waals surface area contributed by atoms with Crippen molar-refractivity contribution in [2.24, 2.45) is 0 Å². The SMILES string of the molecule is O=c1cc([O-])n(-c2ccc([N+](=O)[O-])cc2)c(=S)[nH]1. The summed E-state index contributed by atoms with van der Waals surface area (Å²) in [5.41, 5.74) is -0.322. The first-order valence-electron chi connectivity index (χ1n) is 4.77. The van der Waals surface area contributed by atoms with E-state index in [4.69, 9.17) is 12.2 Å². The molecule has 0 amide bonds. The molecule has 1 aromatic carbocycles. The first kappa shape index (κ1) is 12.0. The Bertz CT molecular complexity index is 717. The lowest BCUT2D eigenvalue weighted by Crippen LogP contribution is -2.15. The zero-order chi connectivity index (χ0) is 13.3. The molecule has 0 saturated carbocycles. The number of rotatable bonds is 2. The van der Waals surface area contributed by atoms with Crippen molar-refractivity contribution in [3.63, 3.8) is 0 Å². The predicted octanol–water partition coefficient (Wildman–Crippen LogP) is 0.877. The van der Waals surface area contributed by atoms with Crippen molar-refractivity contribution >= 4 is 17.9 Å². The van der Waals surface area contributed by atoms with Gasteiger partial charge in [-0.3, -0.25) is 19.9 Å². The van der Waals surface area contributed by atoms with E-state index in [0.717, 1.165) is 10.6 Å². The third kappa shape index (κ3) is 2.13. The van der Waals surface area contributed by atoms with Gasteiger partial charge in [0.25, 0.3) is 11.2 Å². The zero-order valence-corrected chi connectivity index (χ0v) is 9.64. The molecule has 0 aliphatic carbocycles. The maximum atomic E-state index is 11.6. The van der Waals surface area contributed by atoms with Gasteiger partial charge in [-0.15, -0.1) is 0 Å². The highest BCUT2D eigenvalue weighted by atomic mass is 32.1. The van der Waals surface area contributed by atoms with Crippen LogP contribution >= 0.6 is 12.2 Å². The molecule has 0 unspecified atom stereocenters. The Labute approximate surface area is 105 Å². The Morgan fingerprint density at radius 3 is 2.39 bits per heavy atom. The highest BCUT2D eigenvalue weighted by Gasteiger charge is 2.05. The minimum absolute atomic E-state index is 0.0543. The fourth-order valence-electron chi connectivity index (χ4n) is 1.44. The van der Waals surface area contributed by atoms with Crippen LogP contribution in [0, 0.1) is 14.9 Å². The van der Waals surface area contributed by atoms with Crippen molar-refractivity contribution in [3.8, 4) is 11.6 Å². The van der Waals surface area contributed by atoms with Crippen LogP contribution in [0.25, 0.3) is 5.69 Å². The van der Waals surface area contributed by atoms with Crippen LogP contribution < -0.4 is 10.7 Å². The predicted molar refractivity (Wildman–Crippen MR) is 63.3 cm³/mol. The number of nitro groups is 1. The van der Waals surface area contributed by atoms with E-state index in [2.05, 4.69) is 4.98 Å². The number of hydrogen-bond acceptors (Lipinski definition) is 5. The maximum absolute atomic E-state index is 11.6. The Morgan fingerprint density at radius 1 is 1.28 bits per heavy atom. The summed E-state index contributed by atoms with van der Waals surface area (Å²) in [5.74, 6) is -0.586. The van der Waals surface area contributed by atoms with Gasteiger partial charge in [-0.1, -0.05) is 0 Å². The molecule has 8 heteroatoms. The standard InChI is InChI=1S/C10H7N3O4S/c14-8-5-9(15)12(10(18)11-8)6-1-3-7(4-2-6)13(16)17/h1-5,15H,(H,11,14,18)/p-1. The van der Waals surface area contributed by atoms with Gasteiger partial charge in [-0.05, 0) is 30.2 Å². The van der Waals surface area contributed by atoms with Crippen molar-refractivity contribution in [2.75, 3.05) is 0 Å². The van der Waals surface area contributed by atoms with Crippen LogP contribution in [0.1, 0.15) is 0 Å². The second kappa shape index (κ2) is 4.41. The minimum atomic E-state index is -0.586. The first-order valence-corrected chi connectivity index (χ1v) is 5.18. The van der Waals surface area contributed by atoms with E-state index in [0.29, 0.717) is 5.69 Å². The highest BCUT2D eigenvalue weighted by Crippen LogP contribution is 2.17. The quantitative estimate of drug-likeness (QED) is 0.492. The molecule has 0 spiro atoms. The molecule has 1 heterocycles. The van der Waals surface area contributed by atoms with E-state index in [9.17, 15) is 20.0 Å². The summed E-state index contributed by atoms with van der Waals surface area (Å²) in [6.45, 7) is 0. The molecule has 0 fully saturated rings. The molecule has 18 heavy (non-hydrogen) atoms. The summed E-state index contributed by atoms with van der Waals surface area (Å²) in [7, 11) is 0. The Hall–Kier alpha value is -2.48. The van der Waals surface area contributed by atoms with Gasteiger partial charge in [0.05, 0.1) is 4.92 Å². The molecular formula is C10H6N3O4S-. The molecule has 0 radical (unpaired) electrons. The second-order valence-electron chi connectivity index (χ2n) is 3.39. The molecule has 0 saturated heterocycles. The third-order valence-corrected chi connectivity index (χ3v) is 2.51. The number of H-pyrrole nitrogens is 1. The van der Waals surface area contributed by atoms with E-state index in [1.54, 1.807) is 0 Å². The van der Waals surface area contributed by atoms with E-state index in [-0.39, 0.29) is 10.5 Å². The molecule has 1 N–H and O–H groups in total. The minimum Gasteiger partial charge on any atom is -0.860 e. The molecule has 0 bridgehead atoms. The summed E-state index contributed by atoms with van der Waals surface area (Å²) >= 11 is 4.87. The number of nitro benzene ring substituents is 1. The summed E-state index contributed by atoms with van der Waals surface area (Å²) in [6, 6.07) is 6.13. The van der Waals surface area contributed by atoms with E-state index in [1.165, 1.54) is 24.3 Å². The summed E-state index contributed by atoms with van der Waals surface area (Å²) in [5, 5.41) is 22.1. The maximum Gasteiger partial charge on any atom is 0.269 e. The van der Waals surface area contributed by atoms with Crippen molar-refractivity contribution in [3.05, 3.63) is 55.6 Å². The van der Waals surface area contributed by atoms with Gasteiger partial charge in [0.2, 0.25) is 0 Å². The Balaban J connectivity index is 2.59. The zero-order valence-electron chi connectivity index (χ0n) is 8.82. The number of non-ortho nitro benzene ring substituents is 1. The van der Waals surface area contributed by atoms with Crippen LogP contribution in [0.2, 0.25) is 0 Å². The first-order chi connectivity index (χ1) is 8.49. The molecular weight excluding hydrogens is 258 g/mol. The number of nitrogens with one attached hydrogen (secondary N) is 1. The molecule has 2 rings (SSSR count). The fraction of sp³-hybridized carbons (Fsp3) is 0. The molecule has 92 valence electrons. The van der Waals surface area contributed by atoms with Gasteiger partial charge in [-0.25, -0.2) is 0 Å². The van der Waals surface area contributed by atoms with Crippen LogP contribution in [-0.4, -0.2) is 14.5 Å². The number of hydrogen-bond donors (Lipinski definition) is 1. The van der Waals surface area contributed by atoms with Gasteiger partial charge < -0.3 is 9.67 Å². The highest BCUT2D eigenvalue weighted by molar-refractivity contribution is 7.71. The van der Waals surface area contributed by atoms with Gasteiger partial charge in [0.15, 0.2) is 4.77 Å². The lowest BCUT2D eigenvalue weighted by Gasteiger charge is -2.16. The van der Waals surface area contributed by atoms with Crippen LogP contribution in [-0.2, 0) is 0 Å². The average molecular weight is 264 g/mol. The molecule has 2 aromatic rings. The molecule has 1 aromatic heterocycles. The fourth-order valence-corrected chi connectivity index (χ4v) is 1.74. The molecule has 7 nitrogen and oxygen atoms in total. The third-order valence-electron chi connectivity index (χ3n) is 2.23. The number of aromatic nitrogens is 2. The summed E-state index contributed by atoms with van der Waals surface area (Å²) < 4.78 is 1.03. The Kier molecular flexibility index (Phi) is 2.94. The van der Waals surface area contributed by atoms with Gasteiger partial charge >= 0.3 is 0 Å². The van der Waals surface area contributed by atoms with E-state index in [1.807, 2.05) is 0 Å². The number of nitrogens with zero attached hydrogens (tertiary/aromatic N) is 2. The monoisotopic (exact) mass is 264 g/mol. The van der Waals surface area contributed by atoms with Crippen LogP contribution in [0.15, 0.2) is 35.1 Å². The van der Waals surface area contributed by atoms with Crippen molar-refractivity contribution < 1.29 is 10.0 Å². The molecule has 0 aliphatic heterocycles. The van der Waals surface area contributed by atoms with Crippen LogP contribution in [0.3, 0.4) is 0 Å². The largest absolute Gasteiger partial charge is 0.860 e. The average Bonchev–Trinajstić information content (AvgIpc) is 2.28. The van der Waals surface area contributed by atoms with Crippen LogP contribution in [0.4, 0.5) is 5.69 Å². The van der Waals surface area contributed by atoms with E-state index >= 15 is 0 Å². The summed E-state index contributed by atoms with van der Waals surface area (Å²) in [6.07, 6.45) is 0. The van der Waals surface area contributed by atoms with E-state index < -0.39 is 16.4 Å². The second-order valence-corrected chi connectivity index (χ2v) is 3.77. The Morgan fingerprint density at radius 2 is 1.89 bits per heavy atom. The topological polar surface area (TPSA) is 104 Å². The molecule has 0 aliphatic rings. The van der Waals surface area contributed by atoms with Crippen molar-refractivity contribution in [2.45, 2.75) is 0 Å². The lowest BCUT2D eigenvalue weighted by atomic mass is 10.3. The number of benzene rings is 1. The lowest BCUT2D eigenvalue weighted by molar-refractivity contribution is -0.384. The number of aromatic amines is 1. The van der Waals surface area contributed by atoms with Gasteiger partial charge in [0.1, 0.15) is 0 Å². The van der Waals surface area contributed by atoms with Gasteiger partial charge in [0, 0.05) is 23.9 Å². The van der Waals surface area contributed by atoms with Gasteiger partial charge in [-0.2, -0.15) is 0 Å². The molecule has 0 atom stereocenters. The normalized spacial score (nSPS) is 10.2. The van der Waals surface area contributed by atoms with Crippen molar-refractivity contribution in [1.82, 2.24) is 9.55 Å². The smallest absolute Gasteiger partial charge is 0.269 e. The van der Waals surface area contributed by atoms with Crippen LogP contribution in [0.5, 0.6) is 5.88 Å².